The Balaban J connectivity index is 2.13. The second kappa shape index (κ2) is 6.65. The molecule has 0 amide bonds. The zero-order valence-electron chi connectivity index (χ0n) is 12.1. The number of hydrogen-bond acceptors (Lipinski definition) is 5. The number of sulfonamides is 1. The minimum atomic E-state index is -3.47. The van der Waals surface area contributed by atoms with Gasteiger partial charge in [-0.15, -0.1) is 11.3 Å². The van der Waals surface area contributed by atoms with E-state index in [0.717, 1.165) is 15.4 Å². The Morgan fingerprint density at radius 2 is 2.14 bits per heavy atom. The second-order valence-electron chi connectivity index (χ2n) is 4.73. The SMILES string of the molecule is Cc1sc(CN)cc1S(=O)(=O)N(C)CCc1ccccn1. The number of likely N-dealkylation sites (N-methyl/N-ethyl adjacent to an activating group) is 1. The van der Waals surface area contributed by atoms with Crippen LogP contribution in [0.4, 0.5) is 0 Å². The molecule has 0 radical (unpaired) electrons. The molecule has 0 saturated carbocycles. The van der Waals surface area contributed by atoms with Crippen molar-refractivity contribution in [2.45, 2.75) is 24.8 Å². The Hall–Kier alpha value is -1.28. The minimum absolute atomic E-state index is 0.358. The van der Waals surface area contributed by atoms with Crippen LogP contribution in [0.2, 0.25) is 0 Å². The first-order chi connectivity index (χ1) is 9.95. The highest BCUT2D eigenvalue weighted by atomic mass is 32.2. The lowest BCUT2D eigenvalue weighted by Gasteiger charge is -2.16. The lowest BCUT2D eigenvalue weighted by molar-refractivity contribution is 0.471. The molecule has 7 heteroatoms. The van der Waals surface area contributed by atoms with E-state index in [2.05, 4.69) is 4.98 Å². The van der Waals surface area contributed by atoms with E-state index in [1.54, 1.807) is 19.3 Å². The molecule has 0 aliphatic rings. The zero-order chi connectivity index (χ0) is 15.5. The van der Waals surface area contributed by atoms with Crippen LogP contribution in [0.25, 0.3) is 0 Å². The summed E-state index contributed by atoms with van der Waals surface area (Å²) in [5.74, 6) is 0. The van der Waals surface area contributed by atoms with Gasteiger partial charge in [0.2, 0.25) is 10.0 Å². The zero-order valence-corrected chi connectivity index (χ0v) is 13.7. The first-order valence-electron chi connectivity index (χ1n) is 6.60. The van der Waals surface area contributed by atoms with Crippen molar-refractivity contribution in [2.75, 3.05) is 13.6 Å². The quantitative estimate of drug-likeness (QED) is 0.878. The fraction of sp³-hybridized carbons (Fsp3) is 0.357. The molecule has 0 saturated heterocycles. The predicted octanol–water partition coefficient (Wildman–Crippen LogP) is 1.77. The third kappa shape index (κ3) is 3.68. The first kappa shape index (κ1) is 16.1. The maximum Gasteiger partial charge on any atom is 0.243 e. The number of thiophene rings is 1. The molecule has 2 rings (SSSR count). The second-order valence-corrected chi connectivity index (χ2v) is 8.09. The van der Waals surface area contributed by atoms with Gasteiger partial charge < -0.3 is 5.73 Å². The highest BCUT2D eigenvalue weighted by Crippen LogP contribution is 2.27. The summed E-state index contributed by atoms with van der Waals surface area (Å²) < 4.78 is 26.5. The summed E-state index contributed by atoms with van der Waals surface area (Å²) in [4.78, 5) is 6.22. The van der Waals surface area contributed by atoms with Crippen LogP contribution in [-0.4, -0.2) is 31.3 Å². The lowest BCUT2D eigenvalue weighted by Crippen LogP contribution is -2.29. The van der Waals surface area contributed by atoms with Crippen molar-refractivity contribution >= 4 is 21.4 Å². The molecule has 0 spiro atoms. The monoisotopic (exact) mass is 325 g/mol. The van der Waals surface area contributed by atoms with E-state index in [4.69, 9.17) is 5.73 Å². The van der Waals surface area contributed by atoms with Gasteiger partial charge in [-0.25, -0.2) is 12.7 Å². The van der Waals surface area contributed by atoms with Gasteiger partial charge in [0, 0.05) is 48.2 Å². The smallest absolute Gasteiger partial charge is 0.243 e. The fourth-order valence-electron chi connectivity index (χ4n) is 1.99. The van der Waals surface area contributed by atoms with E-state index in [-0.39, 0.29) is 0 Å². The molecular weight excluding hydrogens is 306 g/mol. The van der Waals surface area contributed by atoms with E-state index in [1.807, 2.05) is 25.1 Å². The molecule has 5 nitrogen and oxygen atoms in total. The van der Waals surface area contributed by atoms with Crippen LogP contribution >= 0.6 is 11.3 Å². The molecule has 21 heavy (non-hydrogen) atoms. The molecule has 114 valence electrons. The van der Waals surface area contributed by atoms with Crippen LogP contribution in [0.15, 0.2) is 35.4 Å². The molecule has 0 aliphatic carbocycles. The molecule has 2 N–H and O–H groups in total. The van der Waals surface area contributed by atoms with E-state index in [0.29, 0.717) is 24.4 Å². The highest BCUT2D eigenvalue weighted by Gasteiger charge is 2.24. The Morgan fingerprint density at radius 3 is 2.71 bits per heavy atom. The van der Waals surface area contributed by atoms with Gasteiger partial charge in [-0.3, -0.25) is 4.98 Å². The van der Waals surface area contributed by atoms with Gasteiger partial charge in [0.1, 0.15) is 0 Å². The maximum atomic E-state index is 12.6. The number of pyridine rings is 1. The lowest BCUT2D eigenvalue weighted by atomic mass is 10.3. The highest BCUT2D eigenvalue weighted by molar-refractivity contribution is 7.89. The van der Waals surface area contributed by atoms with Crippen molar-refractivity contribution in [1.29, 1.82) is 0 Å². The van der Waals surface area contributed by atoms with Gasteiger partial charge in [-0.1, -0.05) is 6.07 Å². The summed E-state index contributed by atoms with van der Waals surface area (Å²) in [6, 6.07) is 7.30. The van der Waals surface area contributed by atoms with E-state index in [9.17, 15) is 8.42 Å². The van der Waals surface area contributed by atoms with Crippen LogP contribution in [0.5, 0.6) is 0 Å². The molecule has 0 aromatic carbocycles. The van der Waals surface area contributed by atoms with Gasteiger partial charge in [-0.2, -0.15) is 0 Å². The molecule has 0 atom stereocenters. The number of aryl methyl sites for hydroxylation is 1. The normalized spacial score (nSPS) is 12.0. The molecule has 0 aliphatic heterocycles. The number of hydrogen-bond donors (Lipinski definition) is 1. The Kier molecular flexibility index (Phi) is 5.10. The Bertz CT molecular complexity index is 696. The molecule has 2 heterocycles. The Labute approximate surface area is 129 Å². The largest absolute Gasteiger partial charge is 0.326 e. The summed E-state index contributed by atoms with van der Waals surface area (Å²) in [6.45, 7) is 2.56. The summed E-state index contributed by atoms with van der Waals surface area (Å²) in [6.07, 6.45) is 2.30. The van der Waals surface area contributed by atoms with Gasteiger partial charge in [0.15, 0.2) is 0 Å². The van der Waals surface area contributed by atoms with Crippen molar-refractivity contribution < 1.29 is 8.42 Å². The average Bonchev–Trinajstić information content (AvgIpc) is 2.87. The summed E-state index contributed by atoms with van der Waals surface area (Å²) in [7, 11) is -1.87. The van der Waals surface area contributed by atoms with Crippen LogP contribution in [0.3, 0.4) is 0 Å². The predicted molar refractivity (Wildman–Crippen MR) is 84.7 cm³/mol. The number of nitrogens with two attached hydrogens (primary N) is 1. The van der Waals surface area contributed by atoms with Crippen molar-refractivity contribution in [3.8, 4) is 0 Å². The molecule has 0 bridgehead atoms. The summed E-state index contributed by atoms with van der Waals surface area (Å²) >= 11 is 1.43. The van der Waals surface area contributed by atoms with Crippen LogP contribution < -0.4 is 5.73 Å². The third-order valence-electron chi connectivity index (χ3n) is 3.22. The standard InChI is InChI=1S/C14H19N3O2S2/c1-11-14(9-13(10-15)20-11)21(18,19)17(2)8-6-12-5-3-4-7-16-12/h3-5,7,9H,6,8,10,15H2,1-2H3. The van der Waals surface area contributed by atoms with Crippen molar-refractivity contribution in [2.24, 2.45) is 5.73 Å². The van der Waals surface area contributed by atoms with Crippen LogP contribution in [-0.2, 0) is 23.0 Å². The third-order valence-corrected chi connectivity index (χ3v) is 6.41. The van der Waals surface area contributed by atoms with Crippen molar-refractivity contribution in [3.63, 3.8) is 0 Å². The van der Waals surface area contributed by atoms with Crippen molar-refractivity contribution in [3.05, 3.63) is 45.9 Å². The van der Waals surface area contributed by atoms with E-state index >= 15 is 0 Å². The molecular formula is C14H19N3O2S2. The number of rotatable bonds is 6. The van der Waals surface area contributed by atoms with Gasteiger partial charge in [0.05, 0.1) is 4.90 Å². The summed E-state index contributed by atoms with van der Waals surface area (Å²) in [5, 5.41) is 0. The Morgan fingerprint density at radius 1 is 1.38 bits per heavy atom. The van der Waals surface area contributed by atoms with Crippen LogP contribution in [0, 0.1) is 6.92 Å². The summed E-state index contributed by atoms with van der Waals surface area (Å²) in [5.41, 5.74) is 6.46. The average molecular weight is 325 g/mol. The number of nitrogens with zero attached hydrogens (tertiary/aromatic N) is 2. The molecule has 0 unspecified atom stereocenters. The molecule has 2 aromatic rings. The van der Waals surface area contributed by atoms with E-state index in [1.165, 1.54) is 15.6 Å². The molecule has 2 aromatic heterocycles. The minimum Gasteiger partial charge on any atom is -0.326 e. The number of aromatic nitrogens is 1. The van der Waals surface area contributed by atoms with Crippen molar-refractivity contribution in [1.82, 2.24) is 9.29 Å². The van der Waals surface area contributed by atoms with Gasteiger partial charge in [0.25, 0.3) is 0 Å². The van der Waals surface area contributed by atoms with Gasteiger partial charge >= 0.3 is 0 Å². The topological polar surface area (TPSA) is 76.3 Å². The fourth-order valence-corrected chi connectivity index (χ4v) is 4.64. The van der Waals surface area contributed by atoms with E-state index < -0.39 is 10.0 Å². The van der Waals surface area contributed by atoms with Gasteiger partial charge in [-0.05, 0) is 25.1 Å². The van der Waals surface area contributed by atoms with Crippen LogP contribution in [0.1, 0.15) is 15.4 Å². The maximum absolute atomic E-state index is 12.6. The molecule has 0 fully saturated rings. The first-order valence-corrected chi connectivity index (χ1v) is 8.86.